The molecule has 0 heterocycles. The van der Waals surface area contributed by atoms with Gasteiger partial charge < -0.3 is 0 Å². The van der Waals surface area contributed by atoms with Crippen molar-refractivity contribution in [3.63, 3.8) is 0 Å². The molecule has 0 aromatic heterocycles. The number of carbonyl (C=O) groups is 3. The Morgan fingerprint density at radius 3 is 1.08 bits per heavy atom. The van der Waals surface area contributed by atoms with Gasteiger partial charge in [0, 0.05) is 28.5 Å². The fourth-order valence-electron chi connectivity index (χ4n) is 4.54. The van der Waals surface area contributed by atoms with Crippen molar-refractivity contribution in [2.24, 2.45) is 0 Å². The van der Waals surface area contributed by atoms with Crippen molar-refractivity contribution < 1.29 is 14.4 Å². The molecule has 3 heteroatoms. The Bertz CT molecular complexity index is 1050. The van der Waals surface area contributed by atoms with Crippen molar-refractivity contribution in [3.8, 4) is 0 Å². The third-order valence-electron chi connectivity index (χ3n) is 5.61. The van der Waals surface area contributed by atoms with Crippen molar-refractivity contribution in [2.75, 3.05) is 0 Å². The molecule has 0 atom stereocenters. The SMILES string of the molecule is O=Cc1ccc2c(c1)C1c3ccc(C=O)cc3C2c2cc(C=O)ccc21. The molecule has 3 nitrogen and oxygen atoms in total. The quantitative estimate of drug-likeness (QED) is 0.465. The highest BCUT2D eigenvalue weighted by Gasteiger charge is 2.41. The van der Waals surface area contributed by atoms with Gasteiger partial charge in [0.05, 0.1) is 0 Å². The van der Waals surface area contributed by atoms with Gasteiger partial charge in [0.25, 0.3) is 0 Å². The molecule has 124 valence electrons. The van der Waals surface area contributed by atoms with E-state index >= 15 is 0 Å². The van der Waals surface area contributed by atoms with Crippen LogP contribution in [0.4, 0.5) is 0 Å². The lowest BCUT2D eigenvalue weighted by Crippen LogP contribution is -2.28. The molecule has 3 aromatic carbocycles. The van der Waals surface area contributed by atoms with Crippen LogP contribution in [0.25, 0.3) is 0 Å². The van der Waals surface area contributed by atoms with Gasteiger partial charge in [-0.3, -0.25) is 14.4 Å². The number of hydrogen-bond acceptors (Lipinski definition) is 3. The molecule has 0 unspecified atom stereocenters. The second kappa shape index (κ2) is 5.33. The smallest absolute Gasteiger partial charge is 0.150 e. The molecular formula is C23H14O3. The molecule has 26 heavy (non-hydrogen) atoms. The molecule has 6 rings (SSSR count). The van der Waals surface area contributed by atoms with Gasteiger partial charge in [0.1, 0.15) is 18.9 Å². The molecule has 3 aromatic rings. The summed E-state index contributed by atoms with van der Waals surface area (Å²) in [6.07, 6.45) is 2.60. The van der Waals surface area contributed by atoms with E-state index in [0.29, 0.717) is 16.7 Å². The van der Waals surface area contributed by atoms with E-state index in [1.54, 1.807) is 0 Å². The number of benzene rings is 3. The van der Waals surface area contributed by atoms with Crippen LogP contribution in [0.1, 0.15) is 76.3 Å². The maximum Gasteiger partial charge on any atom is 0.150 e. The molecule has 3 aliphatic carbocycles. The third-order valence-corrected chi connectivity index (χ3v) is 5.61. The summed E-state index contributed by atoms with van der Waals surface area (Å²) < 4.78 is 0. The normalized spacial score (nSPS) is 18.5. The summed E-state index contributed by atoms with van der Waals surface area (Å²) >= 11 is 0. The monoisotopic (exact) mass is 338 g/mol. The Balaban J connectivity index is 1.85. The van der Waals surface area contributed by atoms with Crippen LogP contribution in [0.3, 0.4) is 0 Å². The minimum Gasteiger partial charge on any atom is -0.298 e. The van der Waals surface area contributed by atoms with Crippen LogP contribution in [-0.4, -0.2) is 18.9 Å². The van der Waals surface area contributed by atoms with Crippen molar-refractivity contribution in [1.82, 2.24) is 0 Å². The predicted molar refractivity (Wildman–Crippen MR) is 97.4 cm³/mol. The van der Waals surface area contributed by atoms with Gasteiger partial charge in [-0.1, -0.05) is 36.4 Å². The molecule has 0 spiro atoms. The summed E-state index contributed by atoms with van der Waals surface area (Å²) in [5.41, 5.74) is 8.80. The summed E-state index contributed by atoms with van der Waals surface area (Å²) in [5.74, 6) is -0.0122. The van der Waals surface area contributed by atoms with E-state index in [4.69, 9.17) is 0 Å². The lowest BCUT2D eigenvalue weighted by atomic mass is 9.60. The summed E-state index contributed by atoms with van der Waals surface area (Å²) in [6.45, 7) is 0. The molecule has 0 N–H and O–H groups in total. The topological polar surface area (TPSA) is 51.2 Å². The van der Waals surface area contributed by atoms with Crippen LogP contribution in [-0.2, 0) is 0 Å². The van der Waals surface area contributed by atoms with Gasteiger partial charge in [-0.15, -0.1) is 0 Å². The first kappa shape index (κ1) is 15.0. The molecule has 3 aliphatic rings. The second-order valence-electron chi connectivity index (χ2n) is 6.88. The Hall–Kier alpha value is -3.33. The van der Waals surface area contributed by atoms with Gasteiger partial charge in [-0.05, 0) is 51.6 Å². The Kier molecular flexibility index (Phi) is 3.07. The Morgan fingerprint density at radius 1 is 0.462 bits per heavy atom. The van der Waals surface area contributed by atoms with E-state index in [9.17, 15) is 14.4 Å². The minimum atomic E-state index is -0.0273. The first-order chi connectivity index (χ1) is 12.7. The standard InChI is InChI=1S/C23H14O3/c24-10-13-3-6-18-19(7-13)22-16-4-1-14(11-25)8-20(16)23(18)21-9-15(12-26)2-5-17(21)22/h1-12,22-23H. The zero-order valence-corrected chi connectivity index (χ0v) is 13.8. The largest absolute Gasteiger partial charge is 0.298 e. The fourth-order valence-corrected chi connectivity index (χ4v) is 4.54. The van der Waals surface area contributed by atoms with Gasteiger partial charge in [-0.2, -0.15) is 0 Å². The summed E-state index contributed by atoms with van der Waals surface area (Å²) in [4.78, 5) is 33.9. The number of hydrogen-bond donors (Lipinski definition) is 0. The fraction of sp³-hybridized carbons (Fsp3) is 0.0870. The summed E-state index contributed by atoms with van der Waals surface area (Å²) in [5, 5.41) is 0. The molecule has 2 bridgehead atoms. The highest BCUT2D eigenvalue weighted by Crippen LogP contribution is 2.55. The lowest BCUT2D eigenvalue weighted by molar-refractivity contribution is 0.111. The van der Waals surface area contributed by atoms with E-state index in [2.05, 4.69) is 0 Å². The van der Waals surface area contributed by atoms with E-state index in [1.165, 1.54) is 11.1 Å². The first-order valence-corrected chi connectivity index (χ1v) is 8.52. The van der Waals surface area contributed by atoms with Crippen LogP contribution in [0.2, 0.25) is 0 Å². The van der Waals surface area contributed by atoms with E-state index in [0.717, 1.165) is 41.1 Å². The maximum absolute atomic E-state index is 11.3. The van der Waals surface area contributed by atoms with E-state index in [-0.39, 0.29) is 11.8 Å². The highest BCUT2D eigenvalue weighted by atomic mass is 16.1. The van der Waals surface area contributed by atoms with Crippen LogP contribution in [0.5, 0.6) is 0 Å². The second-order valence-corrected chi connectivity index (χ2v) is 6.88. The van der Waals surface area contributed by atoms with E-state index in [1.807, 2.05) is 54.6 Å². The van der Waals surface area contributed by atoms with Gasteiger partial charge >= 0.3 is 0 Å². The third kappa shape index (κ3) is 1.85. The average molecular weight is 338 g/mol. The average Bonchev–Trinajstić information content (AvgIpc) is 2.71. The molecule has 0 amide bonds. The summed E-state index contributed by atoms with van der Waals surface area (Å²) in [6, 6.07) is 17.4. The maximum atomic E-state index is 11.3. The zero-order valence-electron chi connectivity index (χ0n) is 13.8. The van der Waals surface area contributed by atoms with Crippen molar-refractivity contribution >= 4 is 18.9 Å². The van der Waals surface area contributed by atoms with Gasteiger partial charge in [0.2, 0.25) is 0 Å². The highest BCUT2D eigenvalue weighted by molar-refractivity contribution is 5.82. The van der Waals surface area contributed by atoms with Gasteiger partial charge in [0.15, 0.2) is 0 Å². The number of rotatable bonds is 3. The molecule has 0 radical (unpaired) electrons. The molecule has 0 fully saturated rings. The molecule has 0 aliphatic heterocycles. The predicted octanol–water partition coefficient (Wildman–Crippen LogP) is 4.11. The molecule has 0 saturated heterocycles. The lowest BCUT2D eigenvalue weighted by Gasteiger charge is -2.42. The van der Waals surface area contributed by atoms with Crippen molar-refractivity contribution in [2.45, 2.75) is 11.8 Å². The summed E-state index contributed by atoms with van der Waals surface area (Å²) in [7, 11) is 0. The van der Waals surface area contributed by atoms with E-state index < -0.39 is 0 Å². The Morgan fingerprint density at radius 2 is 0.769 bits per heavy atom. The van der Waals surface area contributed by atoms with Crippen molar-refractivity contribution in [3.05, 3.63) is 105 Å². The first-order valence-electron chi connectivity index (χ1n) is 8.52. The number of carbonyl (C=O) groups excluding carboxylic acids is 3. The molecule has 0 saturated carbocycles. The van der Waals surface area contributed by atoms with Crippen LogP contribution < -0.4 is 0 Å². The number of aldehydes is 3. The zero-order chi connectivity index (χ0) is 17.8. The van der Waals surface area contributed by atoms with Crippen LogP contribution in [0.15, 0.2) is 54.6 Å². The van der Waals surface area contributed by atoms with Gasteiger partial charge in [-0.25, -0.2) is 0 Å². The Labute approximate surface area is 150 Å². The minimum absolute atomic E-state index is 0.0151. The van der Waals surface area contributed by atoms with Crippen LogP contribution >= 0.6 is 0 Å². The molecular weight excluding hydrogens is 324 g/mol. The van der Waals surface area contributed by atoms with Crippen molar-refractivity contribution in [1.29, 1.82) is 0 Å². The van der Waals surface area contributed by atoms with Crippen LogP contribution in [0, 0.1) is 0 Å².